The summed E-state index contributed by atoms with van der Waals surface area (Å²) in [5.41, 5.74) is 0.0880. The van der Waals surface area contributed by atoms with Crippen molar-refractivity contribution in [2.45, 2.75) is 6.04 Å². The van der Waals surface area contributed by atoms with E-state index in [2.05, 4.69) is 5.32 Å². The molecule has 2 N–H and O–H groups in total. The Labute approximate surface area is 134 Å². The predicted octanol–water partition coefficient (Wildman–Crippen LogP) is 0.168. The number of hydrogen-bond acceptors (Lipinski definition) is 5. The fraction of sp³-hybridized carbons (Fsp3) is 0.500. The highest BCUT2D eigenvalue weighted by atomic mass is 32.2. The second-order valence-electron chi connectivity index (χ2n) is 5.60. The standard InChI is InChI=1S/C14H19FN2O5S/c1-17(2)23(20,21)8-10-6-22-7-12(10)16-14(19)9-3-4-11(15)13(18)5-9/h3-5,10,12,18H,6-8H2,1-2H3,(H,16,19)/t10-,12-/m0/s1. The molecule has 0 aromatic heterocycles. The molecular formula is C14H19FN2O5S. The number of amides is 1. The molecule has 9 heteroatoms. The largest absolute Gasteiger partial charge is 0.505 e. The zero-order valence-electron chi connectivity index (χ0n) is 12.8. The highest BCUT2D eigenvalue weighted by Crippen LogP contribution is 2.20. The molecule has 1 heterocycles. The third-order valence-corrected chi connectivity index (χ3v) is 5.67. The molecule has 1 aliphatic rings. The maximum Gasteiger partial charge on any atom is 0.251 e. The molecular weight excluding hydrogens is 327 g/mol. The van der Waals surface area contributed by atoms with Crippen molar-refractivity contribution in [2.24, 2.45) is 5.92 Å². The van der Waals surface area contributed by atoms with Crippen molar-refractivity contribution in [1.82, 2.24) is 9.62 Å². The number of phenols is 1. The lowest BCUT2D eigenvalue weighted by Gasteiger charge is -2.21. The number of phenolic OH excluding ortho intramolecular Hbond substituents is 1. The number of rotatable bonds is 5. The molecule has 1 aromatic carbocycles. The Bertz CT molecular complexity index is 692. The summed E-state index contributed by atoms with van der Waals surface area (Å²) in [6, 6.07) is 2.78. The molecule has 1 aliphatic heterocycles. The Hall–Kier alpha value is -1.71. The van der Waals surface area contributed by atoms with Gasteiger partial charge in [0.25, 0.3) is 5.91 Å². The van der Waals surface area contributed by atoms with Gasteiger partial charge in [0.2, 0.25) is 10.0 Å². The van der Waals surface area contributed by atoms with Gasteiger partial charge >= 0.3 is 0 Å². The third kappa shape index (κ3) is 4.18. The van der Waals surface area contributed by atoms with Crippen LogP contribution in [0, 0.1) is 11.7 Å². The second-order valence-corrected chi connectivity index (χ2v) is 7.83. The van der Waals surface area contributed by atoms with Crippen molar-refractivity contribution in [3.05, 3.63) is 29.6 Å². The molecule has 128 valence electrons. The van der Waals surface area contributed by atoms with Crippen molar-refractivity contribution in [1.29, 1.82) is 0 Å². The van der Waals surface area contributed by atoms with E-state index >= 15 is 0 Å². The summed E-state index contributed by atoms with van der Waals surface area (Å²) in [7, 11) is -0.526. The average molecular weight is 346 g/mol. The number of nitrogens with one attached hydrogen (secondary N) is 1. The zero-order chi connectivity index (χ0) is 17.2. The molecule has 2 rings (SSSR count). The van der Waals surface area contributed by atoms with Crippen LogP contribution in [0.15, 0.2) is 18.2 Å². The SMILES string of the molecule is CN(C)S(=O)(=O)C[C@@H]1COC[C@@H]1NC(=O)c1ccc(F)c(O)c1. The van der Waals surface area contributed by atoms with Crippen LogP contribution in [0.1, 0.15) is 10.4 Å². The van der Waals surface area contributed by atoms with Gasteiger partial charge in [-0.3, -0.25) is 4.79 Å². The lowest BCUT2D eigenvalue weighted by molar-refractivity contribution is 0.0925. The fourth-order valence-corrected chi connectivity index (χ4v) is 3.42. The molecule has 1 aromatic rings. The Balaban J connectivity index is 2.06. The number of hydrogen-bond donors (Lipinski definition) is 2. The van der Waals surface area contributed by atoms with Gasteiger partial charge in [-0.25, -0.2) is 17.1 Å². The van der Waals surface area contributed by atoms with Crippen LogP contribution >= 0.6 is 0 Å². The van der Waals surface area contributed by atoms with Gasteiger partial charge in [0, 0.05) is 25.6 Å². The van der Waals surface area contributed by atoms with Crippen LogP contribution in [0.5, 0.6) is 5.75 Å². The smallest absolute Gasteiger partial charge is 0.251 e. The zero-order valence-corrected chi connectivity index (χ0v) is 13.6. The van der Waals surface area contributed by atoms with Crippen molar-refractivity contribution in [2.75, 3.05) is 33.1 Å². The van der Waals surface area contributed by atoms with Gasteiger partial charge in [-0.05, 0) is 18.2 Å². The summed E-state index contributed by atoms with van der Waals surface area (Å²) in [5, 5.41) is 12.0. The summed E-state index contributed by atoms with van der Waals surface area (Å²) in [6.07, 6.45) is 0. The fourth-order valence-electron chi connectivity index (χ4n) is 2.25. The highest BCUT2D eigenvalue weighted by molar-refractivity contribution is 7.89. The third-order valence-electron chi connectivity index (χ3n) is 3.70. The Morgan fingerprint density at radius 1 is 1.43 bits per heavy atom. The summed E-state index contributed by atoms with van der Waals surface area (Å²) in [5.74, 6) is -2.48. The number of benzene rings is 1. The molecule has 0 spiro atoms. The monoisotopic (exact) mass is 346 g/mol. The first-order chi connectivity index (χ1) is 10.7. The van der Waals surface area contributed by atoms with E-state index in [0.717, 1.165) is 16.4 Å². The summed E-state index contributed by atoms with van der Waals surface area (Å²) < 4.78 is 43.3. The molecule has 7 nitrogen and oxygen atoms in total. The van der Waals surface area contributed by atoms with Crippen molar-refractivity contribution < 1.29 is 27.4 Å². The molecule has 0 bridgehead atoms. The van der Waals surface area contributed by atoms with Crippen molar-refractivity contribution >= 4 is 15.9 Å². The number of nitrogens with zero attached hydrogens (tertiary/aromatic N) is 1. The van der Waals surface area contributed by atoms with Gasteiger partial charge in [0.15, 0.2) is 11.6 Å². The molecule has 1 fully saturated rings. The van der Waals surface area contributed by atoms with Crippen LogP contribution in [0.3, 0.4) is 0 Å². The van der Waals surface area contributed by atoms with E-state index in [9.17, 15) is 22.7 Å². The Morgan fingerprint density at radius 2 is 2.13 bits per heavy atom. The van der Waals surface area contributed by atoms with Gasteiger partial charge < -0.3 is 15.2 Å². The first kappa shape index (κ1) is 17.6. The van der Waals surface area contributed by atoms with E-state index in [0.29, 0.717) is 0 Å². The molecule has 1 amide bonds. The number of aromatic hydroxyl groups is 1. The number of ether oxygens (including phenoxy) is 1. The summed E-state index contributed by atoms with van der Waals surface area (Å²) in [6.45, 7) is 0.430. The van der Waals surface area contributed by atoms with E-state index in [1.165, 1.54) is 20.2 Å². The van der Waals surface area contributed by atoms with Crippen LogP contribution in [0.2, 0.25) is 0 Å². The minimum absolute atomic E-state index is 0.0880. The summed E-state index contributed by atoms with van der Waals surface area (Å²) >= 11 is 0. The second kappa shape index (κ2) is 6.81. The molecule has 2 atom stereocenters. The van der Waals surface area contributed by atoms with E-state index in [1.807, 2.05) is 0 Å². The van der Waals surface area contributed by atoms with Crippen LogP contribution in [0.25, 0.3) is 0 Å². The number of carbonyl (C=O) groups is 1. The molecule has 1 saturated heterocycles. The average Bonchev–Trinajstić information content (AvgIpc) is 2.88. The molecule has 0 radical (unpaired) electrons. The lowest BCUT2D eigenvalue weighted by atomic mass is 10.1. The van der Waals surface area contributed by atoms with Crippen LogP contribution in [-0.2, 0) is 14.8 Å². The van der Waals surface area contributed by atoms with Crippen molar-refractivity contribution in [3.8, 4) is 5.75 Å². The Kier molecular flexibility index (Phi) is 5.23. The first-order valence-corrected chi connectivity index (χ1v) is 8.59. The normalized spacial score (nSPS) is 21.6. The van der Waals surface area contributed by atoms with Gasteiger partial charge in [0.05, 0.1) is 25.0 Å². The quantitative estimate of drug-likeness (QED) is 0.792. The predicted molar refractivity (Wildman–Crippen MR) is 81.1 cm³/mol. The van der Waals surface area contributed by atoms with E-state index < -0.39 is 33.5 Å². The van der Waals surface area contributed by atoms with E-state index in [4.69, 9.17) is 4.74 Å². The Morgan fingerprint density at radius 3 is 2.74 bits per heavy atom. The van der Waals surface area contributed by atoms with E-state index in [-0.39, 0.29) is 30.4 Å². The number of halogens is 1. The van der Waals surface area contributed by atoms with E-state index in [1.54, 1.807) is 0 Å². The minimum atomic E-state index is -3.41. The van der Waals surface area contributed by atoms with Crippen LogP contribution in [0.4, 0.5) is 4.39 Å². The summed E-state index contributed by atoms with van der Waals surface area (Å²) in [4.78, 5) is 12.1. The molecule has 0 unspecified atom stereocenters. The molecule has 23 heavy (non-hydrogen) atoms. The topological polar surface area (TPSA) is 95.9 Å². The maximum atomic E-state index is 13.0. The first-order valence-electron chi connectivity index (χ1n) is 6.98. The molecule has 0 saturated carbocycles. The van der Waals surface area contributed by atoms with Gasteiger partial charge in [-0.2, -0.15) is 0 Å². The maximum absolute atomic E-state index is 13.0. The van der Waals surface area contributed by atoms with Gasteiger partial charge in [0.1, 0.15) is 0 Å². The number of sulfonamides is 1. The van der Waals surface area contributed by atoms with Crippen LogP contribution in [-0.4, -0.2) is 62.8 Å². The minimum Gasteiger partial charge on any atom is -0.505 e. The van der Waals surface area contributed by atoms with Gasteiger partial charge in [-0.15, -0.1) is 0 Å². The highest BCUT2D eigenvalue weighted by Gasteiger charge is 2.34. The lowest BCUT2D eigenvalue weighted by Crippen LogP contribution is -2.43. The number of carbonyl (C=O) groups excluding carboxylic acids is 1. The van der Waals surface area contributed by atoms with Crippen LogP contribution < -0.4 is 5.32 Å². The van der Waals surface area contributed by atoms with Crippen molar-refractivity contribution in [3.63, 3.8) is 0 Å². The molecule has 0 aliphatic carbocycles. The van der Waals surface area contributed by atoms with Gasteiger partial charge in [-0.1, -0.05) is 0 Å².